The molecule has 6 rings (SSSR count). The maximum Gasteiger partial charge on any atom is 0.156 e. The van der Waals surface area contributed by atoms with Crippen LogP contribution >= 0.6 is 11.3 Å². The fourth-order valence-corrected chi connectivity index (χ4v) is 8.70. The maximum absolute atomic E-state index is 12.2. The van der Waals surface area contributed by atoms with Crippen molar-refractivity contribution in [2.24, 2.45) is 17.3 Å². The Morgan fingerprint density at radius 1 is 1.14 bits per heavy atom. The van der Waals surface area contributed by atoms with E-state index in [0.717, 1.165) is 49.1 Å². The number of rotatable bonds is 5. The summed E-state index contributed by atoms with van der Waals surface area (Å²) in [5.74, 6) is 1.43. The molecule has 2 fully saturated rings. The number of ketones is 1. The molecule has 35 heavy (non-hydrogen) atoms. The summed E-state index contributed by atoms with van der Waals surface area (Å²) in [6.07, 6.45) is 11.4. The van der Waals surface area contributed by atoms with Crippen LogP contribution in [0.5, 0.6) is 0 Å². The molecule has 0 saturated heterocycles. The highest BCUT2D eigenvalue weighted by Crippen LogP contribution is 2.67. The quantitative estimate of drug-likeness (QED) is 0.524. The molecule has 0 amide bonds. The van der Waals surface area contributed by atoms with Gasteiger partial charge in [0.15, 0.2) is 5.78 Å². The van der Waals surface area contributed by atoms with Crippen LogP contribution in [0.25, 0.3) is 10.6 Å². The molecule has 1 aromatic carbocycles. The lowest BCUT2D eigenvalue weighted by Crippen LogP contribution is -2.51. The summed E-state index contributed by atoms with van der Waals surface area (Å²) in [6.45, 7) is 2.46. The molecular formula is C30H35NO3S. The average molecular weight is 490 g/mol. The first-order valence-electron chi connectivity index (χ1n) is 13.2. The molecule has 0 bridgehead atoms. The summed E-state index contributed by atoms with van der Waals surface area (Å²) >= 11 is 1.66. The number of benzene rings is 1. The smallest absolute Gasteiger partial charge is 0.156 e. The normalized spacial score (nSPS) is 34.3. The lowest BCUT2D eigenvalue weighted by atomic mass is 9.51. The number of aliphatic hydroxyl groups excluding tert-OH is 1. The van der Waals surface area contributed by atoms with E-state index < -0.39 is 5.60 Å². The fraction of sp³-hybridized carbons (Fsp3) is 0.533. The van der Waals surface area contributed by atoms with Crippen LogP contribution in [0, 0.1) is 17.3 Å². The van der Waals surface area contributed by atoms with Crippen molar-refractivity contribution >= 4 is 17.1 Å². The van der Waals surface area contributed by atoms with Gasteiger partial charge in [-0.1, -0.05) is 36.8 Å². The molecular weight excluding hydrogens is 454 g/mol. The Labute approximate surface area is 211 Å². The minimum absolute atomic E-state index is 0.131. The number of carbonyl (C=O) groups is 1. The van der Waals surface area contributed by atoms with Crippen LogP contribution in [0.4, 0.5) is 0 Å². The fourth-order valence-electron chi connectivity index (χ4n) is 8.06. The Morgan fingerprint density at radius 2 is 1.97 bits per heavy atom. The third-order valence-electron chi connectivity index (χ3n) is 9.80. The van der Waals surface area contributed by atoms with Crippen molar-refractivity contribution in [3.8, 4) is 10.6 Å². The van der Waals surface area contributed by atoms with Crippen molar-refractivity contribution in [1.82, 2.24) is 4.98 Å². The summed E-state index contributed by atoms with van der Waals surface area (Å²) in [4.78, 5) is 16.7. The van der Waals surface area contributed by atoms with Crippen molar-refractivity contribution < 1.29 is 15.0 Å². The van der Waals surface area contributed by atoms with Gasteiger partial charge >= 0.3 is 0 Å². The molecule has 2 N–H and O–H groups in total. The number of aliphatic hydroxyl groups is 2. The van der Waals surface area contributed by atoms with E-state index in [-0.39, 0.29) is 23.7 Å². The van der Waals surface area contributed by atoms with E-state index in [1.807, 2.05) is 17.7 Å². The third-order valence-corrected chi connectivity index (χ3v) is 10.6. The molecule has 184 valence electrons. The summed E-state index contributed by atoms with van der Waals surface area (Å²) in [5, 5.41) is 24.6. The summed E-state index contributed by atoms with van der Waals surface area (Å²) in [6, 6.07) is 8.92. The first-order valence-corrected chi connectivity index (χ1v) is 14.1. The molecule has 5 atom stereocenters. The first kappa shape index (κ1) is 23.3. The van der Waals surface area contributed by atoms with E-state index in [1.165, 1.54) is 16.7 Å². The highest BCUT2D eigenvalue weighted by Gasteiger charge is 2.62. The molecule has 4 nitrogen and oxygen atoms in total. The summed E-state index contributed by atoms with van der Waals surface area (Å²) in [5.41, 5.74) is 5.83. The number of allylic oxidation sites excluding steroid dienone is 4. The Kier molecular flexibility index (Phi) is 5.86. The Balaban J connectivity index is 1.46. The highest BCUT2D eigenvalue weighted by molar-refractivity contribution is 7.13. The van der Waals surface area contributed by atoms with Gasteiger partial charge in [-0.2, -0.15) is 0 Å². The van der Waals surface area contributed by atoms with Gasteiger partial charge in [-0.25, -0.2) is 4.98 Å². The number of hydrogen-bond donors (Lipinski definition) is 2. The average Bonchev–Trinajstić information content (AvgIpc) is 3.49. The zero-order valence-corrected chi connectivity index (χ0v) is 21.3. The second kappa shape index (κ2) is 8.79. The standard InChI is InChI=1S/C30H35NO3S/c1-29-18-25(19-3-5-20(6-4-19)28-31-14-16-35-28)27-23-10-8-22(33)17-21(23)7-9-24(27)26(29)11-13-30(29,34)12-2-15-32/h3-6,14,16-17,24-26,32,34H,2,7-13,15,18H2,1H3/t24-,25+,26-,29+,30+/m0/s1. The Hall–Kier alpha value is -2.08. The minimum Gasteiger partial charge on any atom is -0.396 e. The minimum atomic E-state index is -0.728. The van der Waals surface area contributed by atoms with Crippen LogP contribution in [0.15, 0.2) is 58.6 Å². The number of carbonyl (C=O) groups excluding carboxylic acids is 1. The predicted molar refractivity (Wildman–Crippen MR) is 139 cm³/mol. The monoisotopic (exact) mass is 489 g/mol. The van der Waals surface area contributed by atoms with Crippen LogP contribution in [0.3, 0.4) is 0 Å². The van der Waals surface area contributed by atoms with Crippen molar-refractivity contribution in [3.05, 3.63) is 64.2 Å². The van der Waals surface area contributed by atoms with Crippen LogP contribution < -0.4 is 0 Å². The van der Waals surface area contributed by atoms with Crippen LogP contribution in [0.1, 0.15) is 76.2 Å². The molecule has 4 aliphatic carbocycles. The Bertz CT molecular complexity index is 1180. The maximum atomic E-state index is 12.2. The predicted octanol–water partition coefficient (Wildman–Crippen LogP) is 6.21. The van der Waals surface area contributed by atoms with Gasteiger partial charge in [-0.15, -0.1) is 11.3 Å². The van der Waals surface area contributed by atoms with Crippen molar-refractivity contribution in [2.45, 2.75) is 76.2 Å². The summed E-state index contributed by atoms with van der Waals surface area (Å²) in [7, 11) is 0. The van der Waals surface area contributed by atoms with Crippen LogP contribution in [-0.2, 0) is 4.79 Å². The second-order valence-corrected chi connectivity index (χ2v) is 12.2. The van der Waals surface area contributed by atoms with Crippen molar-refractivity contribution in [3.63, 3.8) is 0 Å². The zero-order valence-electron chi connectivity index (χ0n) is 20.5. The second-order valence-electron chi connectivity index (χ2n) is 11.4. The number of nitrogens with zero attached hydrogens (tertiary/aromatic N) is 1. The SMILES string of the molecule is C[C@@]12C[C@H](c3ccc(-c4nccs4)cc3)C3=C4CCC(=O)C=C4CC[C@H]3[C@@H]1CC[C@]2(O)CCCO. The lowest BCUT2D eigenvalue weighted by Gasteiger charge is -2.55. The van der Waals surface area contributed by atoms with Gasteiger partial charge in [0, 0.05) is 41.5 Å². The Morgan fingerprint density at radius 3 is 2.71 bits per heavy atom. The van der Waals surface area contributed by atoms with E-state index in [9.17, 15) is 15.0 Å². The van der Waals surface area contributed by atoms with Gasteiger partial charge < -0.3 is 10.2 Å². The number of thiazole rings is 1. The van der Waals surface area contributed by atoms with Gasteiger partial charge in [-0.05, 0) is 86.0 Å². The molecule has 4 aliphatic rings. The van der Waals surface area contributed by atoms with Crippen molar-refractivity contribution in [2.75, 3.05) is 6.61 Å². The lowest BCUT2D eigenvalue weighted by molar-refractivity contribution is -0.114. The van der Waals surface area contributed by atoms with Gasteiger partial charge in [0.25, 0.3) is 0 Å². The summed E-state index contributed by atoms with van der Waals surface area (Å²) < 4.78 is 0. The number of aromatic nitrogens is 1. The number of fused-ring (bicyclic) bond motifs is 4. The molecule has 2 saturated carbocycles. The van der Waals surface area contributed by atoms with Gasteiger partial charge in [0.1, 0.15) is 5.01 Å². The molecule has 5 heteroatoms. The van der Waals surface area contributed by atoms with E-state index in [2.05, 4.69) is 36.2 Å². The van der Waals surface area contributed by atoms with E-state index >= 15 is 0 Å². The van der Waals surface area contributed by atoms with E-state index in [1.54, 1.807) is 16.9 Å². The molecule has 2 aromatic rings. The van der Waals surface area contributed by atoms with E-state index in [0.29, 0.717) is 31.1 Å². The van der Waals surface area contributed by atoms with Crippen LogP contribution in [0.2, 0.25) is 0 Å². The number of hydrogen-bond acceptors (Lipinski definition) is 5. The first-order chi connectivity index (χ1) is 16.9. The van der Waals surface area contributed by atoms with Gasteiger partial charge in [0.2, 0.25) is 0 Å². The van der Waals surface area contributed by atoms with Gasteiger partial charge in [0.05, 0.1) is 5.60 Å². The van der Waals surface area contributed by atoms with Crippen LogP contribution in [-0.4, -0.2) is 33.2 Å². The zero-order chi connectivity index (χ0) is 24.2. The van der Waals surface area contributed by atoms with Gasteiger partial charge in [-0.3, -0.25) is 4.79 Å². The highest BCUT2D eigenvalue weighted by atomic mass is 32.1. The molecule has 0 spiro atoms. The molecule has 0 aliphatic heterocycles. The molecule has 1 aromatic heterocycles. The topological polar surface area (TPSA) is 70.4 Å². The van der Waals surface area contributed by atoms with Crippen molar-refractivity contribution in [1.29, 1.82) is 0 Å². The molecule has 1 heterocycles. The third kappa shape index (κ3) is 3.70. The van der Waals surface area contributed by atoms with E-state index in [4.69, 9.17) is 0 Å². The largest absolute Gasteiger partial charge is 0.396 e. The molecule has 0 radical (unpaired) electrons. The molecule has 0 unspecified atom stereocenters.